The largest absolute Gasteiger partial charge is 0.419 e. The van der Waals surface area contributed by atoms with Crippen LogP contribution in [0.5, 0.6) is 0 Å². The van der Waals surface area contributed by atoms with Crippen LogP contribution in [0.4, 0.5) is 0 Å². The number of nitrogens with zero attached hydrogens (tertiary/aromatic N) is 3. The third-order valence-electron chi connectivity index (χ3n) is 2.03. The fourth-order valence-electron chi connectivity index (χ4n) is 1.31. The minimum atomic E-state index is 0.433. The van der Waals surface area contributed by atoms with E-state index < -0.39 is 0 Å². The normalized spacial score (nSPS) is 10.0. The van der Waals surface area contributed by atoms with Crippen LogP contribution in [0.2, 0.25) is 0 Å². The van der Waals surface area contributed by atoms with Crippen molar-refractivity contribution in [2.75, 3.05) is 7.05 Å². The maximum atomic E-state index is 8.77. The van der Waals surface area contributed by atoms with E-state index in [0.29, 0.717) is 23.9 Å². The van der Waals surface area contributed by atoms with Crippen LogP contribution in [0.15, 0.2) is 28.7 Å². The van der Waals surface area contributed by atoms with Crippen LogP contribution in [0, 0.1) is 11.3 Å². The van der Waals surface area contributed by atoms with Crippen molar-refractivity contribution in [1.82, 2.24) is 15.5 Å². The Balaban J connectivity index is 2.32. The van der Waals surface area contributed by atoms with Gasteiger partial charge in [-0.05, 0) is 25.2 Å². The zero-order valence-corrected chi connectivity index (χ0v) is 8.77. The summed E-state index contributed by atoms with van der Waals surface area (Å²) in [4.78, 5) is 0. The zero-order valence-electron chi connectivity index (χ0n) is 8.77. The molecule has 0 radical (unpaired) electrons. The summed E-state index contributed by atoms with van der Waals surface area (Å²) in [6.07, 6.45) is 0. The van der Waals surface area contributed by atoms with Gasteiger partial charge in [0.1, 0.15) is 0 Å². The molecule has 0 fully saturated rings. The molecule has 1 aromatic carbocycles. The molecular formula is C11H10N4O. The van der Waals surface area contributed by atoms with E-state index in [2.05, 4.69) is 21.6 Å². The van der Waals surface area contributed by atoms with Crippen LogP contribution in [0.3, 0.4) is 0 Å². The van der Waals surface area contributed by atoms with Crippen molar-refractivity contribution in [3.63, 3.8) is 0 Å². The van der Waals surface area contributed by atoms with Gasteiger partial charge in [-0.2, -0.15) is 5.26 Å². The molecule has 0 saturated carbocycles. The average molecular weight is 214 g/mol. The molecule has 0 amide bonds. The predicted octanol–water partition coefficient (Wildman–Crippen LogP) is 1.33. The van der Waals surface area contributed by atoms with Gasteiger partial charge in [-0.25, -0.2) is 0 Å². The van der Waals surface area contributed by atoms with Gasteiger partial charge in [0, 0.05) is 5.56 Å². The highest BCUT2D eigenvalue weighted by Crippen LogP contribution is 2.18. The van der Waals surface area contributed by atoms with Gasteiger partial charge in [0.2, 0.25) is 11.8 Å². The van der Waals surface area contributed by atoms with Crippen LogP contribution >= 0.6 is 0 Å². The van der Waals surface area contributed by atoms with Crippen molar-refractivity contribution in [3.05, 3.63) is 35.7 Å². The van der Waals surface area contributed by atoms with Gasteiger partial charge >= 0.3 is 0 Å². The van der Waals surface area contributed by atoms with E-state index >= 15 is 0 Å². The van der Waals surface area contributed by atoms with Crippen molar-refractivity contribution in [2.24, 2.45) is 0 Å². The summed E-state index contributed by atoms with van der Waals surface area (Å²) in [5.41, 5.74) is 1.33. The summed E-state index contributed by atoms with van der Waals surface area (Å²) in [6, 6.07) is 9.13. The molecule has 0 saturated heterocycles. The van der Waals surface area contributed by atoms with Crippen LogP contribution in [0.25, 0.3) is 11.5 Å². The summed E-state index contributed by atoms with van der Waals surface area (Å²) in [5, 5.41) is 19.5. The lowest BCUT2D eigenvalue weighted by Gasteiger charge is -1.94. The number of nitriles is 1. The third kappa shape index (κ3) is 2.07. The van der Waals surface area contributed by atoms with E-state index in [1.807, 2.05) is 6.07 Å². The van der Waals surface area contributed by atoms with Crippen LogP contribution in [-0.4, -0.2) is 17.2 Å². The fraction of sp³-hybridized carbons (Fsp3) is 0.182. The highest BCUT2D eigenvalue weighted by molar-refractivity contribution is 5.55. The Morgan fingerprint density at radius 3 is 3.06 bits per heavy atom. The SMILES string of the molecule is CNCc1nnc(-c2cccc(C#N)c2)o1. The Bertz CT molecular complexity index is 527. The van der Waals surface area contributed by atoms with Gasteiger partial charge in [-0.3, -0.25) is 0 Å². The number of hydrogen-bond acceptors (Lipinski definition) is 5. The lowest BCUT2D eigenvalue weighted by molar-refractivity contribution is 0.490. The zero-order chi connectivity index (χ0) is 11.4. The van der Waals surface area contributed by atoms with Crippen LogP contribution in [0.1, 0.15) is 11.5 Å². The number of benzene rings is 1. The number of nitrogens with one attached hydrogen (secondary N) is 1. The molecule has 0 aliphatic carbocycles. The predicted molar refractivity (Wildman–Crippen MR) is 57.2 cm³/mol. The number of rotatable bonds is 3. The fourth-order valence-corrected chi connectivity index (χ4v) is 1.31. The summed E-state index contributed by atoms with van der Waals surface area (Å²) >= 11 is 0. The maximum Gasteiger partial charge on any atom is 0.247 e. The third-order valence-corrected chi connectivity index (χ3v) is 2.03. The first-order valence-corrected chi connectivity index (χ1v) is 4.81. The standard InChI is InChI=1S/C11H10N4O/c1-13-7-10-14-15-11(16-10)9-4-2-3-8(5-9)6-12/h2-5,13H,7H2,1H3. The first-order valence-electron chi connectivity index (χ1n) is 4.81. The van der Waals surface area contributed by atoms with Crippen LogP contribution in [-0.2, 0) is 6.54 Å². The molecule has 0 aliphatic heterocycles. The van der Waals surface area contributed by atoms with Crippen LogP contribution < -0.4 is 5.32 Å². The molecule has 16 heavy (non-hydrogen) atoms. The van der Waals surface area contributed by atoms with Gasteiger partial charge in [-0.15, -0.1) is 10.2 Å². The molecule has 2 aromatic rings. The Kier molecular flexibility index (Phi) is 2.94. The lowest BCUT2D eigenvalue weighted by atomic mass is 10.1. The van der Waals surface area contributed by atoms with Crippen molar-refractivity contribution in [3.8, 4) is 17.5 Å². The summed E-state index contributed by atoms with van der Waals surface area (Å²) in [5.74, 6) is 0.960. The smallest absolute Gasteiger partial charge is 0.247 e. The Labute approximate surface area is 92.7 Å². The highest BCUT2D eigenvalue weighted by atomic mass is 16.4. The first-order chi connectivity index (χ1) is 7.83. The Hall–Kier alpha value is -2.19. The molecule has 1 heterocycles. The molecule has 1 N–H and O–H groups in total. The average Bonchev–Trinajstić information content (AvgIpc) is 2.78. The van der Waals surface area contributed by atoms with Gasteiger partial charge in [0.25, 0.3) is 0 Å². The molecule has 80 valence electrons. The molecule has 5 heteroatoms. The van der Waals surface area contributed by atoms with E-state index in [1.165, 1.54) is 0 Å². The Morgan fingerprint density at radius 1 is 1.44 bits per heavy atom. The lowest BCUT2D eigenvalue weighted by Crippen LogP contribution is -2.04. The molecule has 0 spiro atoms. The summed E-state index contributed by atoms with van der Waals surface area (Å²) in [6.45, 7) is 0.533. The maximum absolute atomic E-state index is 8.77. The second-order valence-electron chi connectivity index (χ2n) is 3.22. The first kappa shape index (κ1) is 10.3. The molecular weight excluding hydrogens is 204 g/mol. The quantitative estimate of drug-likeness (QED) is 0.834. The van der Waals surface area contributed by atoms with Crippen molar-refractivity contribution in [1.29, 1.82) is 5.26 Å². The van der Waals surface area contributed by atoms with E-state index in [0.717, 1.165) is 5.56 Å². The highest BCUT2D eigenvalue weighted by Gasteiger charge is 2.07. The van der Waals surface area contributed by atoms with Crippen molar-refractivity contribution in [2.45, 2.75) is 6.54 Å². The Morgan fingerprint density at radius 2 is 2.31 bits per heavy atom. The second-order valence-corrected chi connectivity index (χ2v) is 3.22. The van der Waals surface area contributed by atoms with Gasteiger partial charge in [0.05, 0.1) is 18.2 Å². The minimum absolute atomic E-state index is 0.433. The van der Waals surface area contributed by atoms with E-state index in [4.69, 9.17) is 9.68 Å². The molecule has 5 nitrogen and oxygen atoms in total. The molecule has 0 unspecified atom stereocenters. The number of aromatic nitrogens is 2. The summed E-state index contributed by atoms with van der Waals surface area (Å²) < 4.78 is 5.42. The molecule has 0 aliphatic rings. The van der Waals surface area contributed by atoms with Gasteiger partial charge in [-0.1, -0.05) is 6.07 Å². The van der Waals surface area contributed by atoms with Gasteiger partial charge in [0.15, 0.2) is 0 Å². The van der Waals surface area contributed by atoms with Gasteiger partial charge < -0.3 is 9.73 Å². The monoisotopic (exact) mass is 214 g/mol. The second kappa shape index (κ2) is 4.55. The minimum Gasteiger partial charge on any atom is -0.419 e. The van der Waals surface area contributed by atoms with E-state index in [-0.39, 0.29) is 0 Å². The topological polar surface area (TPSA) is 74.7 Å². The van der Waals surface area contributed by atoms with E-state index in [1.54, 1.807) is 25.2 Å². The molecule has 0 atom stereocenters. The van der Waals surface area contributed by atoms with E-state index in [9.17, 15) is 0 Å². The van der Waals surface area contributed by atoms with Crippen molar-refractivity contribution < 1.29 is 4.42 Å². The molecule has 0 bridgehead atoms. The number of hydrogen-bond donors (Lipinski definition) is 1. The summed E-state index contributed by atoms with van der Waals surface area (Å²) in [7, 11) is 1.81. The molecule has 2 rings (SSSR count). The molecule has 1 aromatic heterocycles. The van der Waals surface area contributed by atoms with Crippen molar-refractivity contribution >= 4 is 0 Å².